The zero-order valence-corrected chi connectivity index (χ0v) is 20.8. The molecule has 1 aliphatic heterocycles. The molecule has 10 heteroatoms. The lowest BCUT2D eigenvalue weighted by atomic mass is 9.91. The van der Waals surface area contributed by atoms with Crippen LogP contribution in [0.25, 0.3) is 0 Å². The van der Waals surface area contributed by atoms with E-state index in [0.29, 0.717) is 46.1 Å². The highest BCUT2D eigenvalue weighted by molar-refractivity contribution is 6.32. The highest BCUT2D eigenvalue weighted by Gasteiger charge is 2.29. The molecular weight excluding hydrogens is 487 g/mol. The van der Waals surface area contributed by atoms with Crippen molar-refractivity contribution in [2.75, 3.05) is 23.3 Å². The number of halogens is 2. The number of nitriles is 1. The summed E-state index contributed by atoms with van der Waals surface area (Å²) < 4.78 is 0. The molecule has 0 saturated carbocycles. The molecular formula is C25H24Cl2N6O2. The first-order chi connectivity index (χ1) is 16.8. The monoisotopic (exact) mass is 510 g/mol. The minimum atomic E-state index is -0.589. The van der Waals surface area contributed by atoms with Crippen molar-refractivity contribution < 1.29 is 4.92 Å². The predicted octanol–water partition coefficient (Wildman–Crippen LogP) is 6.64. The third-order valence-corrected chi connectivity index (χ3v) is 6.89. The summed E-state index contributed by atoms with van der Waals surface area (Å²) >= 11 is 12.6. The van der Waals surface area contributed by atoms with E-state index in [1.165, 1.54) is 6.33 Å². The standard InChI is InChI=1S/C25H24Cl2N6O2/c1-15-7-9-32(10-8-15)25-23(33(34)35)24(29-14-30-25)31-22-12-21(27)19(11-16(22)2)20(13-28)17-3-5-18(26)6-4-17/h3-6,11-12,14-15,20H,7-10H2,1-2H3,(H,29,30,31). The largest absolute Gasteiger partial charge is 0.353 e. The molecule has 1 unspecified atom stereocenters. The molecule has 2 heterocycles. The zero-order chi connectivity index (χ0) is 25.1. The first kappa shape index (κ1) is 24.7. The van der Waals surface area contributed by atoms with Gasteiger partial charge in [-0.25, -0.2) is 9.97 Å². The summed E-state index contributed by atoms with van der Waals surface area (Å²) in [7, 11) is 0. The maximum Gasteiger partial charge on any atom is 0.353 e. The normalized spacial score (nSPS) is 14.9. The van der Waals surface area contributed by atoms with Crippen molar-refractivity contribution in [3.63, 3.8) is 0 Å². The van der Waals surface area contributed by atoms with Crippen LogP contribution in [0.3, 0.4) is 0 Å². The van der Waals surface area contributed by atoms with Crippen molar-refractivity contribution in [2.24, 2.45) is 5.92 Å². The van der Waals surface area contributed by atoms with Crippen LogP contribution in [-0.4, -0.2) is 28.0 Å². The molecule has 3 aromatic rings. The molecule has 0 aliphatic carbocycles. The maximum absolute atomic E-state index is 12.0. The van der Waals surface area contributed by atoms with Crippen LogP contribution in [-0.2, 0) is 0 Å². The number of nitrogens with one attached hydrogen (secondary N) is 1. The van der Waals surface area contributed by atoms with Gasteiger partial charge in [-0.2, -0.15) is 5.26 Å². The second kappa shape index (κ2) is 10.5. The van der Waals surface area contributed by atoms with E-state index in [0.717, 1.165) is 24.0 Å². The third-order valence-electron chi connectivity index (χ3n) is 6.31. The van der Waals surface area contributed by atoms with Gasteiger partial charge in [-0.3, -0.25) is 10.1 Å². The van der Waals surface area contributed by atoms with Gasteiger partial charge in [0.05, 0.1) is 16.9 Å². The van der Waals surface area contributed by atoms with Crippen molar-refractivity contribution in [3.05, 3.63) is 79.6 Å². The molecule has 0 spiro atoms. The first-order valence-electron chi connectivity index (χ1n) is 11.2. The summed E-state index contributed by atoms with van der Waals surface area (Å²) in [6.45, 7) is 5.44. The lowest BCUT2D eigenvalue weighted by Gasteiger charge is -2.30. The Morgan fingerprint density at radius 1 is 1.20 bits per heavy atom. The summed E-state index contributed by atoms with van der Waals surface area (Å²) in [5.41, 5.74) is 2.56. The number of piperidine rings is 1. The number of rotatable bonds is 6. The van der Waals surface area contributed by atoms with E-state index in [2.05, 4.69) is 28.3 Å². The summed E-state index contributed by atoms with van der Waals surface area (Å²) in [6, 6.07) is 12.8. The van der Waals surface area contributed by atoms with E-state index >= 15 is 0 Å². The Morgan fingerprint density at radius 3 is 2.51 bits per heavy atom. The van der Waals surface area contributed by atoms with Gasteiger partial charge in [-0.1, -0.05) is 48.3 Å². The van der Waals surface area contributed by atoms with Gasteiger partial charge in [-0.15, -0.1) is 0 Å². The first-order valence-corrected chi connectivity index (χ1v) is 12.0. The fourth-order valence-corrected chi connectivity index (χ4v) is 4.65. The van der Waals surface area contributed by atoms with Gasteiger partial charge in [0.15, 0.2) is 0 Å². The van der Waals surface area contributed by atoms with Crippen LogP contribution >= 0.6 is 23.2 Å². The topological polar surface area (TPSA) is 108 Å². The Bertz CT molecular complexity index is 1280. The van der Waals surface area contributed by atoms with Gasteiger partial charge in [0, 0.05) is 28.8 Å². The third kappa shape index (κ3) is 5.31. The van der Waals surface area contributed by atoms with Gasteiger partial charge in [0.25, 0.3) is 0 Å². The molecule has 1 aliphatic rings. The molecule has 35 heavy (non-hydrogen) atoms. The van der Waals surface area contributed by atoms with Crippen LogP contribution in [0, 0.1) is 34.3 Å². The lowest BCUT2D eigenvalue weighted by molar-refractivity contribution is -0.383. The SMILES string of the molecule is Cc1cc(C(C#N)c2ccc(Cl)cc2)c(Cl)cc1Nc1ncnc(N2CCC(C)CC2)c1[N+](=O)[O-]. The molecule has 0 bridgehead atoms. The van der Waals surface area contributed by atoms with Crippen LogP contribution in [0.2, 0.25) is 10.0 Å². The van der Waals surface area contributed by atoms with E-state index in [1.54, 1.807) is 30.3 Å². The van der Waals surface area contributed by atoms with Gasteiger partial charge in [0.1, 0.15) is 6.33 Å². The Morgan fingerprint density at radius 2 is 1.89 bits per heavy atom. The molecule has 8 nitrogen and oxygen atoms in total. The van der Waals surface area contributed by atoms with E-state index in [1.807, 2.05) is 17.9 Å². The van der Waals surface area contributed by atoms with Gasteiger partial charge in [0.2, 0.25) is 11.6 Å². The predicted molar refractivity (Wildman–Crippen MR) is 138 cm³/mol. The minimum Gasteiger partial charge on any atom is -0.351 e. The van der Waals surface area contributed by atoms with Crippen molar-refractivity contribution in [3.8, 4) is 6.07 Å². The van der Waals surface area contributed by atoms with Crippen LogP contribution in [0.15, 0.2) is 42.7 Å². The average molecular weight is 511 g/mol. The number of benzene rings is 2. The second-order valence-electron chi connectivity index (χ2n) is 8.75. The van der Waals surface area contributed by atoms with Crippen molar-refractivity contribution in [1.82, 2.24) is 9.97 Å². The molecule has 1 atom stereocenters. The number of hydrogen-bond acceptors (Lipinski definition) is 7. The maximum atomic E-state index is 12.0. The molecule has 0 radical (unpaired) electrons. The van der Waals surface area contributed by atoms with E-state index < -0.39 is 10.8 Å². The Kier molecular flexibility index (Phi) is 7.39. The number of nitro groups is 1. The number of aromatic nitrogens is 2. The zero-order valence-electron chi connectivity index (χ0n) is 19.3. The Labute approximate surface area is 213 Å². The Balaban J connectivity index is 1.68. The number of nitrogens with zero attached hydrogens (tertiary/aromatic N) is 5. The number of aryl methyl sites for hydroxylation is 1. The second-order valence-corrected chi connectivity index (χ2v) is 9.59. The fraction of sp³-hybridized carbons (Fsp3) is 0.320. The van der Waals surface area contributed by atoms with Crippen molar-refractivity contribution in [1.29, 1.82) is 5.26 Å². The van der Waals surface area contributed by atoms with Crippen molar-refractivity contribution in [2.45, 2.75) is 32.6 Å². The van der Waals surface area contributed by atoms with Crippen LogP contribution < -0.4 is 10.2 Å². The smallest absolute Gasteiger partial charge is 0.351 e. The van der Waals surface area contributed by atoms with Crippen LogP contribution in [0.1, 0.15) is 42.4 Å². The van der Waals surface area contributed by atoms with E-state index in [4.69, 9.17) is 23.2 Å². The highest BCUT2D eigenvalue weighted by atomic mass is 35.5. The molecule has 0 amide bonds. The summed E-state index contributed by atoms with van der Waals surface area (Å²) in [5.74, 6) is 0.402. The molecule has 2 aromatic carbocycles. The Hall–Kier alpha value is -3.41. The summed E-state index contributed by atoms with van der Waals surface area (Å²) in [5, 5.41) is 25.9. The molecule has 4 rings (SSSR count). The van der Waals surface area contributed by atoms with Crippen molar-refractivity contribution >= 4 is 46.2 Å². The van der Waals surface area contributed by atoms with Gasteiger partial charge in [-0.05, 0) is 60.6 Å². The molecule has 1 aromatic heterocycles. The van der Waals surface area contributed by atoms with Crippen LogP contribution in [0.4, 0.5) is 23.0 Å². The summed E-state index contributed by atoms with van der Waals surface area (Å²) in [6.07, 6.45) is 3.24. The molecule has 180 valence electrons. The molecule has 1 N–H and O–H groups in total. The lowest BCUT2D eigenvalue weighted by Crippen LogP contribution is -2.34. The highest BCUT2D eigenvalue weighted by Crippen LogP contribution is 2.38. The molecule has 1 saturated heterocycles. The average Bonchev–Trinajstić information content (AvgIpc) is 2.84. The van der Waals surface area contributed by atoms with E-state index in [-0.39, 0.29) is 11.5 Å². The van der Waals surface area contributed by atoms with E-state index in [9.17, 15) is 15.4 Å². The quantitative estimate of drug-likeness (QED) is 0.292. The number of hydrogen-bond donors (Lipinski definition) is 1. The molecule has 1 fully saturated rings. The van der Waals surface area contributed by atoms with Crippen LogP contribution in [0.5, 0.6) is 0 Å². The van der Waals surface area contributed by atoms with Gasteiger partial charge >= 0.3 is 5.69 Å². The minimum absolute atomic E-state index is 0.0973. The number of anilines is 3. The van der Waals surface area contributed by atoms with Gasteiger partial charge < -0.3 is 10.2 Å². The fourth-order valence-electron chi connectivity index (χ4n) is 4.25. The summed E-state index contributed by atoms with van der Waals surface area (Å²) in [4.78, 5) is 21.9.